The Kier molecular flexibility index (Phi) is 11.9. The maximum Gasteiger partial charge on any atom is 0.192 e. The minimum atomic E-state index is -2.36. The Bertz CT molecular complexity index is 1230. The molecule has 3 aromatic carbocycles. The second-order valence-electron chi connectivity index (χ2n) is 12.7. The van der Waals surface area contributed by atoms with Crippen molar-refractivity contribution < 1.29 is 28.5 Å². The quantitative estimate of drug-likeness (QED) is 0.157. The normalized spacial score (nSPS) is 24.5. The summed E-state index contributed by atoms with van der Waals surface area (Å²) in [7, 11) is -2.36. The van der Waals surface area contributed by atoms with E-state index in [2.05, 4.69) is 40.4 Å². The SMILES string of the molecule is C=CCO[C@H]1[C@H](OCc2ccccc2)[C@H](OCc2ccccc2)[C@H](OCc2ccccc2)[C@@H](O)[C@@H]1O[Si](C)(C)C(C)(C)C. The molecular formula is C36H48O6Si. The smallest absolute Gasteiger partial charge is 0.192 e. The molecule has 0 amide bonds. The van der Waals surface area contributed by atoms with E-state index < -0.39 is 44.9 Å². The van der Waals surface area contributed by atoms with Crippen LogP contribution in [0, 0.1) is 0 Å². The van der Waals surface area contributed by atoms with Crippen LogP contribution >= 0.6 is 0 Å². The molecule has 0 aliphatic heterocycles. The van der Waals surface area contributed by atoms with Gasteiger partial charge in [-0.25, -0.2) is 0 Å². The van der Waals surface area contributed by atoms with E-state index in [0.717, 1.165) is 16.7 Å². The Labute approximate surface area is 258 Å². The van der Waals surface area contributed by atoms with E-state index in [0.29, 0.717) is 19.8 Å². The van der Waals surface area contributed by atoms with Crippen LogP contribution in [0.3, 0.4) is 0 Å². The first-order valence-corrected chi connectivity index (χ1v) is 18.1. The Balaban J connectivity index is 1.73. The van der Waals surface area contributed by atoms with Gasteiger partial charge in [0.05, 0.1) is 26.4 Å². The molecule has 1 fully saturated rings. The van der Waals surface area contributed by atoms with Crippen molar-refractivity contribution in [2.45, 2.75) is 95.3 Å². The molecule has 6 nitrogen and oxygen atoms in total. The summed E-state index contributed by atoms with van der Waals surface area (Å²) in [5.74, 6) is 0. The zero-order valence-corrected chi connectivity index (χ0v) is 27.2. The molecule has 1 aliphatic carbocycles. The van der Waals surface area contributed by atoms with Crippen LogP contribution in [0.15, 0.2) is 104 Å². The summed E-state index contributed by atoms with van der Waals surface area (Å²) in [6.07, 6.45) is -2.60. The van der Waals surface area contributed by atoms with E-state index in [1.807, 2.05) is 91.0 Å². The molecule has 232 valence electrons. The van der Waals surface area contributed by atoms with Crippen molar-refractivity contribution in [2.24, 2.45) is 0 Å². The number of rotatable bonds is 14. The minimum Gasteiger partial charge on any atom is -0.408 e. The van der Waals surface area contributed by atoms with Gasteiger partial charge >= 0.3 is 0 Å². The molecule has 1 aliphatic rings. The number of aliphatic hydroxyl groups excluding tert-OH is 1. The highest BCUT2D eigenvalue weighted by molar-refractivity contribution is 6.74. The molecule has 4 rings (SSSR count). The van der Waals surface area contributed by atoms with Crippen molar-refractivity contribution in [3.05, 3.63) is 120 Å². The molecule has 0 heterocycles. The highest BCUT2D eigenvalue weighted by Gasteiger charge is 2.56. The van der Waals surface area contributed by atoms with E-state index in [-0.39, 0.29) is 11.6 Å². The van der Waals surface area contributed by atoms with Crippen LogP contribution in [0.1, 0.15) is 37.5 Å². The molecule has 0 saturated heterocycles. The molecule has 0 radical (unpaired) electrons. The van der Waals surface area contributed by atoms with Crippen molar-refractivity contribution in [1.82, 2.24) is 0 Å². The maximum absolute atomic E-state index is 12.1. The monoisotopic (exact) mass is 604 g/mol. The number of aliphatic hydroxyl groups is 1. The molecule has 0 aromatic heterocycles. The van der Waals surface area contributed by atoms with Gasteiger partial charge in [0.25, 0.3) is 0 Å². The average Bonchev–Trinajstić information content (AvgIpc) is 3.00. The Morgan fingerprint density at radius 1 is 0.628 bits per heavy atom. The number of ether oxygens (including phenoxy) is 4. The summed E-state index contributed by atoms with van der Waals surface area (Å²) in [5.41, 5.74) is 3.05. The second-order valence-corrected chi connectivity index (χ2v) is 17.5. The van der Waals surface area contributed by atoms with Crippen LogP contribution in [0.5, 0.6) is 0 Å². The van der Waals surface area contributed by atoms with Crippen molar-refractivity contribution >= 4 is 8.32 Å². The standard InChI is InChI=1S/C36H48O6Si/c1-7-23-38-34-32(42-43(5,6)36(2,3)4)30(37)31(39-24-27-17-11-8-12-18-27)33(40-25-28-19-13-9-14-20-28)35(34)41-26-29-21-15-10-16-22-29/h7-22,30-35,37H,1,23-26H2,2-6H3/t30-,31-,32+,33-,34-,35-/m1/s1. The number of benzene rings is 3. The van der Waals surface area contributed by atoms with Crippen LogP contribution in [0.25, 0.3) is 0 Å². The van der Waals surface area contributed by atoms with Gasteiger partial charge in [0.1, 0.15) is 36.6 Å². The molecule has 3 aromatic rings. The van der Waals surface area contributed by atoms with Crippen LogP contribution < -0.4 is 0 Å². The molecule has 43 heavy (non-hydrogen) atoms. The van der Waals surface area contributed by atoms with E-state index in [1.54, 1.807) is 6.08 Å². The largest absolute Gasteiger partial charge is 0.408 e. The summed E-state index contributed by atoms with van der Waals surface area (Å²) in [5, 5.41) is 12.0. The summed E-state index contributed by atoms with van der Waals surface area (Å²) in [6.45, 7) is 16.1. The van der Waals surface area contributed by atoms with Crippen LogP contribution in [0.4, 0.5) is 0 Å². The lowest BCUT2D eigenvalue weighted by atomic mass is 9.84. The van der Waals surface area contributed by atoms with Crippen LogP contribution in [-0.4, -0.2) is 56.7 Å². The predicted octanol–water partition coefficient (Wildman–Crippen LogP) is 7.08. The van der Waals surface area contributed by atoms with E-state index in [4.69, 9.17) is 23.4 Å². The van der Waals surface area contributed by atoms with Gasteiger partial charge in [-0.2, -0.15) is 0 Å². The third kappa shape index (κ3) is 8.96. The van der Waals surface area contributed by atoms with E-state index >= 15 is 0 Å². The molecule has 0 spiro atoms. The molecule has 7 heteroatoms. The van der Waals surface area contributed by atoms with Gasteiger partial charge in [-0.1, -0.05) is 118 Å². The van der Waals surface area contributed by atoms with Crippen LogP contribution in [0.2, 0.25) is 18.1 Å². The molecule has 1 saturated carbocycles. The Morgan fingerprint density at radius 3 is 1.40 bits per heavy atom. The molecule has 6 atom stereocenters. The fourth-order valence-corrected chi connectivity index (χ4v) is 6.34. The predicted molar refractivity (Wildman–Crippen MR) is 173 cm³/mol. The van der Waals surface area contributed by atoms with Gasteiger partial charge in [0, 0.05) is 0 Å². The summed E-state index contributed by atoms with van der Waals surface area (Å²) in [6, 6.07) is 30.0. The summed E-state index contributed by atoms with van der Waals surface area (Å²) in [4.78, 5) is 0. The van der Waals surface area contributed by atoms with Gasteiger partial charge in [-0.15, -0.1) is 6.58 Å². The number of hydrogen-bond acceptors (Lipinski definition) is 6. The van der Waals surface area contributed by atoms with Gasteiger partial charge in [-0.05, 0) is 34.8 Å². The van der Waals surface area contributed by atoms with Gasteiger partial charge in [-0.3, -0.25) is 0 Å². The molecular weight excluding hydrogens is 556 g/mol. The fourth-order valence-electron chi connectivity index (χ4n) is 5.03. The van der Waals surface area contributed by atoms with Crippen molar-refractivity contribution in [1.29, 1.82) is 0 Å². The van der Waals surface area contributed by atoms with E-state index in [9.17, 15) is 5.11 Å². The first-order valence-electron chi connectivity index (χ1n) is 15.2. The molecule has 0 bridgehead atoms. The van der Waals surface area contributed by atoms with Gasteiger partial charge < -0.3 is 28.5 Å². The van der Waals surface area contributed by atoms with Gasteiger partial charge in [0.15, 0.2) is 8.32 Å². The minimum absolute atomic E-state index is 0.0862. The fraction of sp³-hybridized carbons (Fsp3) is 0.444. The van der Waals surface area contributed by atoms with Crippen LogP contribution in [-0.2, 0) is 43.2 Å². The zero-order chi connectivity index (χ0) is 30.9. The lowest BCUT2D eigenvalue weighted by Gasteiger charge is -2.51. The topological polar surface area (TPSA) is 66.4 Å². The summed E-state index contributed by atoms with van der Waals surface area (Å²) >= 11 is 0. The molecule has 0 unspecified atom stereocenters. The zero-order valence-electron chi connectivity index (χ0n) is 26.2. The second kappa shape index (κ2) is 15.4. The summed E-state index contributed by atoms with van der Waals surface area (Å²) < 4.78 is 33.3. The first-order chi connectivity index (χ1) is 20.6. The Hall–Kier alpha value is -2.62. The third-order valence-electron chi connectivity index (χ3n) is 8.47. The third-order valence-corrected chi connectivity index (χ3v) is 12.9. The first kappa shape index (κ1) is 33.3. The van der Waals surface area contributed by atoms with E-state index in [1.165, 1.54) is 0 Å². The highest BCUT2D eigenvalue weighted by atomic mass is 28.4. The van der Waals surface area contributed by atoms with Crippen molar-refractivity contribution in [2.75, 3.05) is 6.61 Å². The van der Waals surface area contributed by atoms with Crippen molar-refractivity contribution in [3.8, 4) is 0 Å². The van der Waals surface area contributed by atoms with Crippen molar-refractivity contribution in [3.63, 3.8) is 0 Å². The maximum atomic E-state index is 12.1. The average molecular weight is 605 g/mol. The lowest BCUT2D eigenvalue weighted by Crippen LogP contribution is -2.68. The lowest BCUT2D eigenvalue weighted by molar-refractivity contribution is -0.267. The number of hydrogen-bond donors (Lipinski definition) is 1. The van der Waals surface area contributed by atoms with Gasteiger partial charge in [0.2, 0.25) is 0 Å². The Morgan fingerprint density at radius 2 is 1.00 bits per heavy atom. The molecule has 1 N–H and O–H groups in total. The highest BCUT2D eigenvalue weighted by Crippen LogP contribution is 2.41.